The molecule has 40 heavy (non-hydrogen) atoms. The van der Waals surface area contributed by atoms with Gasteiger partial charge in [-0.05, 0) is 66.8 Å². The van der Waals surface area contributed by atoms with Gasteiger partial charge in [0, 0.05) is 48.4 Å². The molecule has 0 amide bonds. The summed E-state index contributed by atoms with van der Waals surface area (Å²) in [5.74, 6) is 0.512. The summed E-state index contributed by atoms with van der Waals surface area (Å²) in [7, 11) is -5.62. The number of rotatable bonds is 6. The molecule has 2 aliphatic heterocycles. The maximum absolute atomic E-state index is 13.1. The Bertz CT molecular complexity index is 1520. The second-order valence-electron chi connectivity index (χ2n) is 9.87. The van der Waals surface area contributed by atoms with Crippen LogP contribution < -0.4 is 9.46 Å². The van der Waals surface area contributed by atoms with E-state index in [4.69, 9.17) is 16.3 Å². The van der Waals surface area contributed by atoms with E-state index in [2.05, 4.69) is 9.88 Å². The maximum Gasteiger partial charge on any atom is 0.516 e. The minimum atomic E-state index is -5.62. The van der Waals surface area contributed by atoms with Gasteiger partial charge in [-0.25, -0.2) is 4.98 Å². The molecule has 0 bridgehead atoms. The van der Waals surface area contributed by atoms with Crippen LogP contribution in [0.4, 0.5) is 18.9 Å². The van der Waals surface area contributed by atoms with E-state index in [-0.39, 0.29) is 29.3 Å². The Morgan fingerprint density at radius 3 is 2.52 bits per heavy atom. The van der Waals surface area contributed by atoms with E-state index in [9.17, 15) is 26.7 Å². The second kappa shape index (κ2) is 11.0. The molecule has 7 nitrogen and oxygen atoms in total. The normalized spacial score (nSPS) is 18.4. The average molecular weight is 594 g/mol. The number of allylic oxidation sites excluding steroid dienone is 1. The van der Waals surface area contributed by atoms with Crippen LogP contribution in [-0.4, -0.2) is 48.6 Å². The number of anilines is 1. The van der Waals surface area contributed by atoms with Crippen molar-refractivity contribution in [1.29, 1.82) is 0 Å². The highest BCUT2D eigenvalue weighted by atomic mass is 35.5. The molecule has 0 spiro atoms. The van der Waals surface area contributed by atoms with Gasteiger partial charge in [0.05, 0.1) is 11.3 Å². The number of hydrogen-bond donors (Lipinski definition) is 2. The number of likely N-dealkylation sites (tertiary alicyclic amines) is 1. The van der Waals surface area contributed by atoms with E-state index >= 15 is 0 Å². The Hall–Kier alpha value is -3.12. The van der Waals surface area contributed by atoms with Crippen molar-refractivity contribution in [3.63, 3.8) is 0 Å². The fourth-order valence-electron chi connectivity index (χ4n) is 5.05. The summed E-state index contributed by atoms with van der Waals surface area (Å²) in [5.41, 5.74) is -4.01. The Kier molecular flexibility index (Phi) is 7.84. The average Bonchev–Trinajstić information content (AvgIpc) is 3.07. The maximum atomic E-state index is 13.1. The lowest BCUT2D eigenvalue weighted by atomic mass is 9.84. The predicted molar refractivity (Wildman–Crippen MR) is 147 cm³/mol. The summed E-state index contributed by atoms with van der Waals surface area (Å²) in [6.07, 6.45) is 5.43. The van der Waals surface area contributed by atoms with Crippen molar-refractivity contribution in [2.75, 3.05) is 24.4 Å². The lowest BCUT2D eigenvalue weighted by Gasteiger charge is -2.38. The molecule has 212 valence electrons. The molecule has 0 atom stereocenters. The lowest BCUT2D eigenvalue weighted by Crippen LogP contribution is -2.42. The minimum absolute atomic E-state index is 0.140. The molecule has 2 aromatic carbocycles. The monoisotopic (exact) mass is 593 g/mol. The third kappa shape index (κ3) is 5.97. The highest BCUT2D eigenvalue weighted by Crippen LogP contribution is 2.42. The van der Waals surface area contributed by atoms with Gasteiger partial charge in [-0.3, -0.25) is 4.72 Å². The van der Waals surface area contributed by atoms with Crippen molar-refractivity contribution in [2.24, 2.45) is 0 Å². The second-order valence-corrected chi connectivity index (χ2v) is 12.0. The molecule has 2 N–H and O–H groups in total. The first-order valence-electron chi connectivity index (χ1n) is 12.7. The van der Waals surface area contributed by atoms with Crippen LogP contribution in [0.15, 0.2) is 66.9 Å². The molecule has 3 heterocycles. The van der Waals surface area contributed by atoms with E-state index in [1.54, 1.807) is 35.2 Å². The molecule has 0 radical (unpaired) electrons. The minimum Gasteiger partial charge on any atom is -0.438 e. The van der Waals surface area contributed by atoms with Crippen LogP contribution in [0.2, 0.25) is 5.02 Å². The van der Waals surface area contributed by atoms with Crippen molar-refractivity contribution in [3.8, 4) is 11.6 Å². The van der Waals surface area contributed by atoms with Crippen LogP contribution in [0.5, 0.6) is 11.6 Å². The summed E-state index contributed by atoms with van der Waals surface area (Å²) in [4.78, 5) is 6.54. The number of hydrogen-bond acceptors (Lipinski definition) is 6. The largest absolute Gasteiger partial charge is 0.516 e. The number of benzene rings is 2. The predicted octanol–water partition coefficient (Wildman–Crippen LogP) is 6.10. The van der Waals surface area contributed by atoms with E-state index in [0.717, 1.165) is 11.1 Å². The number of halogens is 4. The topological polar surface area (TPSA) is 91.8 Å². The number of alkyl halides is 3. The fraction of sp³-hybridized carbons (Fsp3) is 0.321. The number of piperidine rings is 1. The number of sulfonamides is 1. The van der Waals surface area contributed by atoms with Gasteiger partial charge >= 0.3 is 15.5 Å². The molecule has 2 aliphatic rings. The molecule has 1 aromatic heterocycles. The summed E-state index contributed by atoms with van der Waals surface area (Å²) >= 11 is 5.98. The SMILES string of the molecule is O=S(=O)(Nc1cccc2c1C/C(=C/CCN1CCC(O)(c3ccc(Cl)cc3)CC1)c1cccnc1O2)C(F)(F)F. The number of ether oxygens (including phenoxy) is 1. The van der Waals surface area contributed by atoms with Crippen molar-refractivity contribution >= 4 is 32.9 Å². The summed E-state index contributed by atoms with van der Waals surface area (Å²) < 4.78 is 70.6. The van der Waals surface area contributed by atoms with Crippen LogP contribution in [0.1, 0.15) is 36.0 Å². The quantitative estimate of drug-likeness (QED) is 0.359. The van der Waals surface area contributed by atoms with Crippen LogP contribution in [0, 0.1) is 0 Å². The molecule has 1 saturated heterocycles. The standard InChI is InChI=1S/C28H27ClF3N3O4S/c29-21-10-8-20(9-11-21)27(36)12-16-35(17-13-27)15-3-4-19-18-23-24(34-40(37,38)28(30,31)32)6-1-7-25(23)39-26-22(19)5-2-14-33-26/h1-2,4-11,14,34,36H,3,12-13,15-18H2/b19-4-. The number of fused-ring (bicyclic) bond motifs is 2. The van der Waals surface area contributed by atoms with E-state index in [0.29, 0.717) is 49.5 Å². The van der Waals surface area contributed by atoms with Crippen LogP contribution >= 0.6 is 11.6 Å². The zero-order valence-electron chi connectivity index (χ0n) is 21.3. The lowest BCUT2D eigenvalue weighted by molar-refractivity contribution is -0.0429. The Balaban J connectivity index is 1.33. The summed E-state index contributed by atoms with van der Waals surface area (Å²) in [6.45, 7) is 2.08. The van der Waals surface area contributed by atoms with Crippen molar-refractivity contribution in [2.45, 2.75) is 36.8 Å². The first kappa shape index (κ1) is 28.4. The third-order valence-electron chi connectivity index (χ3n) is 7.27. The van der Waals surface area contributed by atoms with Gasteiger partial charge in [-0.15, -0.1) is 0 Å². The number of aliphatic hydroxyl groups is 1. The number of pyridine rings is 1. The first-order valence-corrected chi connectivity index (χ1v) is 14.6. The first-order chi connectivity index (χ1) is 19.0. The zero-order valence-corrected chi connectivity index (χ0v) is 22.9. The Labute approximate surface area is 235 Å². The molecule has 0 aliphatic carbocycles. The third-order valence-corrected chi connectivity index (χ3v) is 8.62. The fourth-order valence-corrected chi connectivity index (χ4v) is 5.77. The molecule has 5 rings (SSSR count). The Morgan fingerprint density at radius 1 is 1.10 bits per heavy atom. The highest BCUT2D eigenvalue weighted by Gasteiger charge is 2.46. The molecule has 3 aromatic rings. The van der Waals surface area contributed by atoms with Crippen molar-refractivity contribution < 1.29 is 31.4 Å². The van der Waals surface area contributed by atoms with Crippen molar-refractivity contribution in [1.82, 2.24) is 9.88 Å². The molecule has 1 fully saturated rings. The van der Waals surface area contributed by atoms with Gasteiger partial charge in [0.25, 0.3) is 0 Å². The summed E-state index contributed by atoms with van der Waals surface area (Å²) in [6, 6.07) is 15.1. The number of nitrogens with one attached hydrogen (secondary N) is 1. The molecular weight excluding hydrogens is 567 g/mol. The van der Waals surface area contributed by atoms with Crippen LogP contribution in [0.3, 0.4) is 0 Å². The van der Waals surface area contributed by atoms with Gasteiger partial charge < -0.3 is 14.7 Å². The zero-order chi connectivity index (χ0) is 28.5. The van der Waals surface area contributed by atoms with Gasteiger partial charge in [0.2, 0.25) is 5.88 Å². The van der Waals surface area contributed by atoms with E-state index in [1.807, 2.05) is 24.3 Å². The molecule has 0 unspecified atom stereocenters. The number of aromatic nitrogens is 1. The smallest absolute Gasteiger partial charge is 0.438 e. The summed E-state index contributed by atoms with van der Waals surface area (Å²) in [5, 5.41) is 11.8. The van der Waals surface area contributed by atoms with Gasteiger partial charge in [0.1, 0.15) is 5.75 Å². The molecule has 0 saturated carbocycles. The Morgan fingerprint density at radius 2 is 1.82 bits per heavy atom. The van der Waals surface area contributed by atoms with Gasteiger partial charge in [0.15, 0.2) is 0 Å². The van der Waals surface area contributed by atoms with E-state index < -0.39 is 21.1 Å². The van der Waals surface area contributed by atoms with E-state index in [1.165, 1.54) is 12.1 Å². The van der Waals surface area contributed by atoms with Crippen LogP contribution in [-0.2, 0) is 22.0 Å². The van der Waals surface area contributed by atoms with Gasteiger partial charge in [-0.2, -0.15) is 21.6 Å². The molecular formula is C28H27ClF3N3O4S. The van der Waals surface area contributed by atoms with Gasteiger partial charge in [-0.1, -0.05) is 35.9 Å². The van der Waals surface area contributed by atoms with Crippen molar-refractivity contribution in [3.05, 3.63) is 88.6 Å². The number of nitrogens with zero attached hydrogens (tertiary/aromatic N) is 2. The molecule has 12 heteroatoms. The van der Waals surface area contributed by atoms with Crippen LogP contribution in [0.25, 0.3) is 5.57 Å². The highest BCUT2D eigenvalue weighted by molar-refractivity contribution is 7.93.